The zero-order valence-electron chi connectivity index (χ0n) is 12.6. The van der Waals surface area contributed by atoms with E-state index in [-0.39, 0.29) is 18.2 Å². The topological polar surface area (TPSA) is 97.2 Å². The third-order valence-electron chi connectivity index (χ3n) is 3.57. The van der Waals surface area contributed by atoms with E-state index in [1.165, 1.54) is 20.3 Å². The highest BCUT2D eigenvalue weighted by atomic mass is 32.2. The van der Waals surface area contributed by atoms with E-state index in [0.29, 0.717) is 24.6 Å². The van der Waals surface area contributed by atoms with E-state index in [4.69, 9.17) is 0 Å². The van der Waals surface area contributed by atoms with Gasteiger partial charge in [0, 0.05) is 36.8 Å². The largest absolute Gasteiger partial charge is 0.300 e. The maximum Gasteiger partial charge on any atom is 0.247 e. The Balaban J connectivity index is 1.67. The van der Waals surface area contributed by atoms with Crippen molar-refractivity contribution in [3.05, 3.63) is 29.0 Å². The molecule has 23 heavy (non-hydrogen) atoms. The van der Waals surface area contributed by atoms with E-state index in [1.54, 1.807) is 25.4 Å². The number of rotatable bonds is 5. The number of hydrogen-bond donors (Lipinski definition) is 1. The van der Waals surface area contributed by atoms with Gasteiger partial charge in [0.2, 0.25) is 15.9 Å². The van der Waals surface area contributed by atoms with Crippen molar-refractivity contribution >= 4 is 32.4 Å². The SMILES string of the molecule is CCS(=O)(=O)N1CCc2nc(NC(=O)Cn3cccn3)sc2C1. The van der Waals surface area contributed by atoms with Crippen molar-refractivity contribution in [2.45, 2.75) is 26.4 Å². The fourth-order valence-corrected chi connectivity index (χ4v) is 4.53. The minimum absolute atomic E-state index is 0.0919. The zero-order chi connectivity index (χ0) is 16.4. The van der Waals surface area contributed by atoms with E-state index < -0.39 is 10.0 Å². The van der Waals surface area contributed by atoms with Gasteiger partial charge in [0.25, 0.3) is 0 Å². The third-order valence-corrected chi connectivity index (χ3v) is 6.39. The smallest absolute Gasteiger partial charge is 0.247 e. The molecule has 8 nitrogen and oxygen atoms in total. The Morgan fingerprint density at radius 1 is 1.48 bits per heavy atom. The highest BCUT2D eigenvalue weighted by Gasteiger charge is 2.28. The quantitative estimate of drug-likeness (QED) is 0.851. The lowest BCUT2D eigenvalue weighted by atomic mass is 10.2. The highest BCUT2D eigenvalue weighted by molar-refractivity contribution is 7.89. The van der Waals surface area contributed by atoms with Gasteiger partial charge in [0.15, 0.2) is 5.13 Å². The van der Waals surface area contributed by atoms with Crippen molar-refractivity contribution in [2.24, 2.45) is 0 Å². The Kier molecular flexibility index (Phi) is 4.46. The molecule has 0 atom stereocenters. The number of carbonyl (C=O) groups excluding carboxylic acids is 1. The first-order valence-corrected chi connectivity index (χ1v) is 9.64. The van der Waals surface area contributed by atoms with Crippen LogP contribution in [0.2, 0.25) is 0 Å². The average Bonchev–Trinajstić information content (AvgIpc) is 3.14. The maximum atomic E-state index is 12.0. The number of amides is 1. The predicted molar refractivity (Wildman–Crippen MR) is 86.5 cm³/mol. The van der Waals surface area contributed by atoms with Crippen LogP contribution in [0.25, 0.3) is 0 Å². The summed E-state index contributed by atoms with van der Waals surface area (Å²) in [6.45, 7) is 2.53. The van der Waals surface area contributed by atoms with E-state index >= 15 is 0 Å². The molecule has 0 spiro atoms. The number of carbonyl (C=O) groups is 1. The van der Waals surface area contributed by atoms with Crippen LogP contribution in [0.3, 0.4) is 0 Å². The van der Waals surface area contributed by atoms with Crippen LogP contribution in [0.1, 0.15) is 17.5 Å². The number of aromatic nitrogens is 3. The summed E-state index contributed by atoms with van der Waals surface area (Å²) in [5, 5.41) is 7.22. The van der Waals surface area contributed by atoms with Crippen LogP contribution in [-0.2, 0) is 34.3 Å². The fourth-order valence-electron chi connectivity index (χ4n) is 2.35. The molecular weight excluding hydrogens is 338 g/mol. The summed E-state index contributed by atoms with van der Waals surface area (Å²) in [5.41, 5.74) is 0.868. The molecule has 1 amide bonds. The van der Waals surface area contributed by atoms with Crippen molar-refractivity contribution in [1.82, 2.24) is 19.1 Å². The molecular formula is C13H17N5O3S2. The van der Waals surface area contributed by atoms with Gasteiger partial charge in [-0.2, -0.15) is 9.40 Å². The van der Waals surface area contributed by atoms with Gasteiger partial charge in [0.1, 0.15) is 6.54 Å². The van der Waals surface area contributed by atoms with E-state index in [9.17, 15) is 13.2 Å². The molecule has 0 aromatic carbocycles. The molecule has 0 unspecified atom stereocenters. The number of nitrogens with one attached hydrogen (secondary N) is 1. The molecule has 1 N–H and O–H groups in total. The van der Waals surface area contributed by atoms with Gasteiger partial charge in [-0.15, -0.1) is 11.3 Å². The number of thiazole rings is 1. The number of nitrogens with zero attached hydrogens (tertiary/aromatic N) is 4. The average molecular weight is 355 g/mol. The van der Waals surface area contributed by atoms with Crippen LogP contribution in [0.4, 0.5) is 5.13 Å². The number of fused-ring (bicyclic) bond motifs is 1. The molecule has 1 aliphatic heterocycles. The summed E-state index contributed by atoms with van der Waals surface area (Å²) < 4.78 is 26.9. The van der Waals surface area contributed by atoms with E-state index in [0.717, 1.165) is 10.6 Å². The Bertz CT molecular complexity index is 798. The predicted octanol–water partition coefficient (Wildman–Crippen LogP) is 0.686. The van der Waals surface area contributed by atoms with Crippen LogP contribution >= 0.6 is 11.3 Å². The molecule has 0 saturated carbocycles. The standard InChI is InChI=1S/C13H17N5O3S2/c1-2-23(20,21)18-7-4-10-11(8-18)22-13(15-10)16-12(19)9-17-6-3-5-14-17/h3,5-6H,2,4,7-9H2,1H3,(H,15,16,19). The van der Waals surface area contributed by atoms with Crippen molar-refractivity contribution < 1.29 is 13.2 Å². The normalized spacial score (nSPS) is 15.3. The molecule has 0 fully saturated rings. The number of hydrogen-bond acceptors (Lipinski definition) is 6. The first kappa shape index (κ1) is 16.1. The van der Waals surface area contributed by atoms with Crippen LogP contribution in [-0.4, -0.2) is 45.7 Å². The van der Waals surface area contributed by atoms with Crippen LogP contribution in [0.5, 0.6) is 0 Å². The lowest BCUT2D eigenvalue weighted by Gasteiger charge is -2.24. The molecule has 124 valence electrons. The molecule has 2 aromatic rings. The van der Waals surface area contributed by atoms with Gasteiger partial charge in [-0.05, 0) is 13.0 Å². The number of anilines is 1. The summed E-state index contributed by atoms with van der Waals surface area (Å²) in [4.78, 5) is 17.2. The van der Waals surface area contributed by atoms with Gasteiger partial charge in [0.05, 0.1) is 11.4 Å². The van der Waals surface area contributed by atoms with Crippen molar-refractivity contribution in [1.29, 1.82) is 0 Å². The van der Waals surface area contributed by atoms with E-state index in [1.807, 2.05) is 0 Å². The molecule has 2 aromatic heterocycles. The van der Waals surface area contributed by atoms with Crippen molar-refractivity contribution in [3.63, 3.8) is 0 Å². The van der Waals surface area contributed by atoms with Gasteiger partial charge in [-0.3, -0.25) is 9.48 Å². The van der Waals surface area contributed by atoms with Crippen molar-refractivity contribution in [2.75, 3.05) is 17.6 Å². The van der Waals surface area contributed by atoms with Crippen LogP contribution < -0.4 is 5.32 Å². The fraction of sp³-hybridized carbons (Fsp3) is 0.462. The maximum absolute atomic E-state index is 12.0. The Labute approximate surface area is 138 Å². The first-order chi connectivity index (χ1) is 11.0. The molecule has 0 radical (unpaired) electrons. The molecule has 0 aliphatic carbocycles. The monoisotopic (exact) mass is 355 g/mol. The second-order valence-electron chi connectivity index (χ2n) is 5.12. The Morgan fingerprint density at radius 2 is 2.30 bits per heavy atom. The van der Waals surface area contributed by atoms with Crippen LogP contribution in [0.15, 0.2) is 18.5 Å². The van der Waals surface area contributed by atoms with Gasteiger partial charge >= 0.3 is 0 Å². The minimum Gasteiger partial charge on any atom is -0.300 e. The highest BCUT2D eigenvalue weighted by Crippen LogP contribution is 2.29. The summed E-state index contributed by atoms with van der Waals surface area (Å²) in [7, 11) is -3.20. The Morgan fingerprint density at radius 3 is 3.00 bits per heavy atom. The minimum atomic E-state index is -3.20. The molecule has 0 bridgehead atoms. The van der Waals surface area contributed by atoms with Gasteiger partial charge in [-0.1, -0.05) is 0 Å². The molecule has 0 saturated heterocycles. The summed E-state index contributed by atoms with van der Waals surface area (Å²) in [5.74, 6) is -0.118. The summed E-state index contributed by atoms with van der Waals surface area (Å²) >= 11 is 1.33. The Hall–Kier alpha value is -1.78. The lowest BCUT2D eigenvalue weighted by molar-refractivity contribution is -0.116. The van der Waals surface area contributed by atoms with Gasteiger partial charge < -0.3 is 5.32 Å². The second kappa shape index (κ2) is 6.38. The lowest BCUT2D eigenvalue weighted by Crippen LogP contribution is -2.36. The third kappa shape index (κ3) is 3.59. The van der Waals surface area contributed by atoms with E-state index in [2.05, 4.69) is 15.4 Å². The van der Waals surface area contributed by atoms with Crippen molar-refractivity contribution in [3.8, 4) is 0 Å². The second-order valence-corrected chi connectivity index (χ2v) is 8.47. The molecule has 3 heterocycles. The summed E-state index contributed by atoms with van der Waals surface area (Å²) in [6, 6.07) is 1.75. The zero-order valence-corrected chi connectivity index (χ0v) is 14.2. The number of sulfonamides is 1. The molecule has 10 heteroatoms. The molecule has 3 rings (SSSR count). The van der Waals surface area contributed by atoms with Gasteiger partial charge in [-0.25, -0.2) is 13.4 Å². The summed E-state index contributed by atoms with van der Waals surface area (Å²) in [6.07, 6.45) is 3.89. The molecule has 1 aliphatic rings. The van der Waals surface area contributed by atoms with Crippen LogP contribution in [0, 0.1) is 0 Å². The first-order valence-electron chi connectivity index (χ1n) is 7.21.